The number of benzene rings is 3. The zero-order chi connectivity index (χ0) is 20.5. The van der Waals surface area contributed by atoms with Gasteiger partial charge in [-0.15, -0.1) is 0 Å². The van der Waals surface area contributed by atoms with Crippen LogP contribution < -0.4 is 5.32 Å². The number of aliphatic imine (C=N–C) groups is 1. The van der Waals surface area contributed by atoms with Crippen molar-refractivity contribution >= 4 is 57.0 Å². The fourth-order valence-corrected chi connectivity index (χ4v) is 4.21. The maximum Gasteiger partial charge on any atom is 0.264 e. The number of furan rings is 1. The Hall–Kier alpha value is -3.28. The highest BCUT2D eigenvalue weighted by atomic mass is 35.5. The molecular weight excluding hydrogens is 416 g/mol. The molecule has 4 nitrogen and oxygen atoms in total. The summed E-state index contributed by atoms with van der Waals surface area (Å²) < 4.78 is 5.87. The molecule has 4 aromatic rings. The SMILES string of the molecule is O=C1NC(=Nc2ccc3ccccc3c2)S/C1=C/c1ccc(-c2cccc(Cl)c2)o1. The van der Waals surface area contributed by atoms with Gasteiger partial charge < -0.3 is 9.73 Å². The predicted octanol–water partition coefficient (Wildman–Crippen LogP) is 6.64. The summed E-state index contributed by atoms with van der Waals surface area (Å²) in [5.41, 5.74) is 1.67. The Morgan fingerprint density at radius 1 is 0.933 bits per heavy atom. The van der Waals surface area contributed by atoms with Gasteiger partial charge in [-0.2, -0.15) is 0 Å². The first-order chi connectivity index (χ1) is 14.6. The third-order valence-corrected chi connectivity index (χ3v) is 5.77. The Balaban J connectivity index is 1.38. The van der Waals surface area contributed by atoms with Crippen LogP contribution in [-0.4, -0.2) is 11.1 Å². The van der Waals surface area contributed by atoms with Gasteiger partial charge in [0.25, 0.3) is 5.91 Å². The molecule has 5 rings (SSSR count). The molecule has 1 aliphatic rings. The first kappa shape index (κ1) is 18.7. The van der Waals surface area contributed by atoms with Gasteiger partial charge in [-0.3, -0.25) is 4.79 Å². The molecule has 6 heteroatoms. The van der Waals surface area contributed by atoms with Crippen LogP contribution in [0.3, 0.4) is 0 Å². The van der Waals surface area contributed by atoms with Crippen LogP contribution in [-0.2, 0) is 4.79 Å². The normalized spacial score (nSPS) is 16.5. The lowest BCUT2D eigenvalue weighted by molar-refractivity contribution is -0.115. The smallest absolute Gasteiger partial charge is 0.264 e. The van der Waals surface area contributed by atoms with Gasteiger partial charge >= 0.3 is 0 Å². The summed E-state index contributed by atoms with van der Waals surface area (Å²) in [5.74, 6) is 1.09. The molecule has 2 heterocycles. The molecule has 0 atom stereocenters. The topological polar surface area (TPSA) is 54.6 Å². The lowest BCUT2D eigenvalue weighted by Gasteiger charge is -2.00. The van der Waals surface area contributed by atoms with Crippen LogP contribution in [0.5, 0.6) is 0 Å². The van der Waals surface area contributed by atoms with Gasteiger partial charge in [0.15, 0.2) is 5.17 Å². The van der Waals surface area contributed by atoms with Crippen molar-refractivity contribution in [3.63, 3.8) is 0 Å². The van der Waals surface area contributed by atoms with E-state index >= 15 is 0 Å². The van der Waals surface area contributed by atoms with Crippen LogP contribution in [0.1, 0.15) is 5.76 Å². The van der Waals surface area contributed by atoms with Crippen molar-refractivity contribution in [3.8, 4) is 11.3 Å². The number of carbonyl (C=O) groups is 1. The molecule has 30 heavy (non-hydrogen) atoms. The number of halogens is 1. The largest absolute Gasteiger partial charge is 0.457 e. The molecule has 1 saturated heterocycles. The monoisotopic (exact) mass is 430 g/mol. The number of hydrogen-bond acceptors (Lipinski definition) is 4. The zero-order valence-corrected chi connectivity index (χ0v) is 17.2. The number of rotatable bonds is 3. The summed E-state index contributed by atoms with van der Waals surface area (Å²) in [6, 6.07) is 25.2. The van der Waals surface area contributed by atoms with Crippen LogP contribution >= 0.6 is 23.4 Å². The van der Waals surface area contributed by atoms with Crippen molar-refractivity contribution in [2.75, 3.05) is 0 Å². The quantitative estimate of drug-likeness (QED) is 0.370. The van der Waals surface area contributed by atoms with Crippen molar-refractivity contribution in [2.24, 2.45) is 4.99 Å². The Morgan fingerprint density at radius 3 is 2.67 bits per heavy atom. The molecule has 0 aliphatic carbocycles. The molecule has 1 N–H and O–H groups in total. The summed E-state index contributed by atoms with van der Waals surface area (Å²) in [5, 5.41) is 6.26. The molecule has 3 aromatic carbocycles. The van der Waals surface area contributed by atoms with Crippen molar-refractivity contribution in [2.45, 2.75) is 0 Å². The zero-order valence-electron chi connectivity index (χ0n) is 15.6. The van der Waals surface area contributed by atoms with Crippen LogP contribution in [0.25, 0.3) is 28.2 Å². The summed E-state index contributed by atoms with van der Waals surface area (Å²) in [7, 11) is 0. The van der Waals surface area contributed by atoms with Gasteiger partial charge in [0.2, 0.25) is 0 Å². The molecule has 1 fully saturated rings. The minimum Gasteiger partial charge on any atom is -0.457 e. The summed E-state index contributed by atoms with van der Waals surface area (Å²) in [6.45, 7) is 0. The maximum absolute atomic E-state index is 12.4. The highest BCUT2D eigenvalue weighted by Crippen LogP contribution is 2.31. The van der Waals surface area contributed by atoms with E-state index in [1.54, 1.807) is 6.08 Å². The minimum atomic E-state index is -0.194. The number of amidine groups is 1. The molecule has 0 unspecified atom stereocenters. The van der Waals surface area contributed by atoms with E-state index in [4.69, 9.17) is 16.0 Å². The average molecular weight is 431 g/mol. The number of carbonyl (C=O) groups excluding carboxylic acids is 1. The van der Waals surface area contributed by atoms with E-state index in [0.29, 0.717) is 26.6 Å². The highest BCUT2D eigenvalue weighted by Gasteiger charge is 2.24. The van der Waals surface area contributed by atoms with Crippen molar-refractivity contribution in [3.05, 3.63) is 94.6 Å². The first-order valence-corrected chi connectivity index (χ1v) is 10.5. The standard InChI is InChI=1S/C24H15ClN2O2S/c25-18-7-3-6-17(12-18)21-11-10-20(29-21)14-22-23(28)27-24(30-22)26-19-9-8-15-4-1-2-5-16(15)13-19/h1-14H,(H,26,27,28)/b22-14+. The second-order valence-electron chi connectivity index (χ2n) is 6.73. The molecule has 1 aliphatic heterocycles. The van der Waals surface area contributed by atoms with E-state index in [-0.39, 0.29) is 5.91 Å². The predicted molar refractivity (Wildman–Crippen MR) is 124 cm³/mol. The molecule has 0 spiro atoms. The molecule has 1 amide bonds. The van der Waals surface area contributed by atoms with Crippen LogP contribution in [0, 0.1) is 0 Å². The van der Waals surface area contributed by atoms with Gasteiger partial charge in [-0.1, -0.05) is 54.1 Å². The van der Waals surface area contributed by atoms with E-state index in [9.17, 15) is 4.79 Å². The van der Waals surface area contributed by atoms with Gasteiger partial charge in [-0.05, 0) is 58.9 Å². The van der Waals surface area contributed by atoms with E-state index in [1.807, 2.05) is 72.8 Å². The number of amides is 1. The number of nitrogens with one attached hydrogen (secondary N) is 1. The van der Waals surface area contributed by atoms with Gasteiger partial charge in [0.1, 0.15) is 11.5 Å². The van der Waals surface area contributed by atoms with E-state index in [2.05, 4.69) is 16.4 Å². The van der Waals surface area contributed by atoms with Crippen LogP contribution in [0.4, 0.5) is 5.69 Å². The summed E-state index contributed by atoms with van der Waals surface area (Å²) in [4.78, 5) is 17.5. The molecule has 0 bridgehead atoms. The van der Waals surface area contributed by atoms with Gasteiger partial charge in [-0.25, -0.2) is 4.99 Å². The second kappa shape index (κ2) is 7.86. The number of thioether (sulfide) groups is 1. The molecule has 0 saturated carbocycles. The molecular formula is C24H15ClN2O2S. The molecule has 146 valence electrons. The van der Waals surface area contributed by atoms with Gasteiger partial charge in [0.05, 0.1) is 10.6 Å². The average Bonchev–Trinajstić information content (AvgIpc) is 3.35. The van der Waals surface area contributed by atoms with Gasteiger partial charge in [0, 0.05) is 16.7 Å². The fourth-order valence-electron chi connectivity index (χ4n) is 3.20. The van der Waals surface area contributed by atoms with Crippen molar-refractivity contribution in [1.82, 2.24) is 5.32 Å². The third-order valence-electron chi connectivity index (χ3n) is 4.62. The Kier molecular flexibility index (Phi) is 4.91. The minimum absolute atomic E-state index is 0.194. The first-order valence-electron chi connectivity index (χ1n) is 9.28. The summed E-state index contributed by atoms with van der Waals surface area (Å²) >= 11 is 7.34. The number of nitrogens with zero attached hydrogens (tertiary/aromatic N) is 1. The molecule has 0 radical (unpaired) electrons. The lowest BCUT2D eigenvalue weighted by atomic mass is 10.1. The Morgan fingerprint density at radius 2 is 1.80 bits per heavy atom. The fraction of sp³-hybridized carbons (Fsp3) is 0. The number of fused-ring (bicyclic) bond motifs is 1. The van der Waals surface area contributed by atoms with E-state index in [0.717, 1.165) is 22.0 Å². The number of hydrogen-bond donors (Lipinski definition) is 1. The lowest BCUT2D eigenvalue weighted by Crippen LogP contribution is -2.19. The van der Waals surface area contributed by atoms with E-state index in [1.165, 1.54) is 11.8 Å². The second-order valence-corrected chi connectivity index (χ2v) is 8.19. The maximum atomic E-state index is 12.4. The molecule has 1 aromatic heterocycles. The Labute approximate surface area is 182 Å². The van der Waals surface area contributed by atoms with Crippen LogP contribution in [0.2, 0.25) is 5.02 Å². The van der Waals surface area contributed by atoms with Crippen molar-refractivity contribution < 1.29 is 9.21 Å². The van der Waals surface area contributed by atoms with Crippen LogP contribution in [0.15, 0.2) is 93.2 Å². The Bertz CT molecular complexity index is 1340. The van der Waals surface area contributed by atoms with E-state index < -0.39 is 0 Å². The third kappa shape index (κ3) is 3.90. The van der Waals surface area contributed by atoms with Crippen molar-refractivity contribution in [1.29, 1.82) is 0 Å². The summed E-state index contributed by atoms with van der Waals surface area (Å²) in [6.07, 6.45) is 1.72. The highest BCUT2D eigenvalue weighted by molar-refractivity contribution is 8.18.